The smallest absolute Gasteiger partial charge is 0.163 e. The van der Waals surface area contributed by atoms with Gasteiger partial charge in [0.05, 0.1) is 5.92 Å². The Kier molecular flexibility index (Phi) is 3.41. The van der Waals surface area contributed by atoms with E-state index < -0.39 is 0 Å². The molecule has 0 aliphatic rings. The summed E-state index contributed by atoms with van der Waals surface area (Å²) < 4.78 is 0. The minimum Gasteiger partial charge on any atom is -0.329 e. The van der Waals surface area contributed by atoms with Crippen molar-refractivity contribution in [2.75, 3.05) is 6.54 Å². The van der Waals surface area contributed by atoms with Crippen molar-refractivity contribution in [1.82, 2.24) is 0 Å². The third kappa shape index (κ3) is 2.26. The molecular weight excluding hydrogens is 162 g/mol. The van der Waals surface area contributed by atoms with Crippen LogP contribution < -0.4 is 5.73 Å². The number of benzene rings is 1. The van der Waals surface area contributed by atoms with Crippen molar-refractivity contribution in [2.24, 2.45) is 5.73 Å². The van der Waals surface area contributed by atoms with Gasteiger partial charge in [0.15, 0.2) is 5.78 Å². The monoisotopic (exact) mass is 175 g/mol. The summed E-state index contributed by atoms with van der Waals surface area (Å²) in [5.74, 6) is -0.257. The quantitative estimate of drug-likeness (QED) is 0.704. The summed E-state index contributed by atoms with van der Waals surface area (Å²) in [7, 11) is 0. The molecule has 2 N–H and O–H groups in total. The van der Waals surface area contributed by atoms with Crippen LogP contribution in [0.2, 0.25) is 0 Å². The molecule has 0 fully saturated rings. The number of carbonyl (C=O) groups is 1. The predicted molar refractivity (Wildman–Crippen MR) is 53.4 cm³/mol. The van der Waals surface area contributed by atoms with Gasteiger partial charge < -0.3 is 5.73 Å². The minimum absolute atomic E-state index is 0.0197. The highest BCUT2D eigenvalue weighted by Gasteiger charge is 2.14. The van der Waals surface area contributed by atoms with Gasteiger partial charge in [-0.25, -0.2) is 0 Å². The molecule has 1 aromatic carbocycles. The van der Waals surface area contributed by atoms with E-state index in [-0.39, 0.29) is 11.7 Å². The van der Waals surface area contributed by atoms with Crippen LogP contribution in [0.4, 0.5) is 0 Å². The van der Waals surface area contributed by atoms with Crippen molar-refractivity contribution in [3.05, 3.63) is 48.6 Å². The number of rotatable bonds is 4. The Bertz CT molecular complexity index is 292. The van der Waals surface area contributed by atoms with Crippen LogP contribution in [0.25, 0.3) is 0 Å². The second kappa shape index (κ2) is 4.58. The maximum absolute atomic E-state index is 11.3. The highest BCUT2D eigenvalue weighted by molar-refractivity contribution is 5.95. The van der Waals surface area contributed by atoms with Crippen LogP contribution in [0.3, 0.4) is 0 Å². The van der Waals surface area contributed by atoms with Gasteiger partial charge in [-0.2, -0.15) is 0 Å². The van der Waals surface area contributed by atoms with Crippen LogP contribution in [0, 0.1) is 0 Å². The lowest BCUT2D eigenvalue weighted by molar-refractivity contribution is -0.115. The SMILES string of the molecule is C=CC(=O)C(CN)c1ccccc1. The Morgan fingerprint density at radius 2 is 2.08 bits per heavy atom. The van der Waals surface area contributed by atoms with E-state index in [0.717, 1.165) is 5.56 Å². The molecule has 0 aromatic heterocycles. The fraction of sp³-hybridized carbons (Fsp3) is 0.182. The number of carbonyl (C=O) groups excluding carboxylic acids is 1. The molecule has 0 saturated heterocycles. The Morgan fingerprint density at radius 3 is 2.54 bits per heavy atom. The molecule has 0 bridgehead atoms. The summed E-state index contributed by atoms with van der Waals surface area (Å²) in [6, 6.07) is 9.51. The number of allylic oxidation sites excluding steroid dienone is 1. The molecule has 0 radical (unpaired) electrons. The average molecular weight is 175 g/mol. The maximum Gasteiger partial charge on any atom is 0.163 e. The standard InChI is InChI=1S/C11H13NO/c1-2-11(13)10(8-12)9-6-4-3-5-7-9/h2-7,10H,1,8,12H2. The van der Waals surface area contributed by atoms with E-state index >= 15 is 0 Å². The van der Waals surface area contributed by atoms with E-state index in [0.29, 0.717) is 6.54 Å². The molecule has 0 saturated carbocycles. The first-order valence-electron chi connectivity index (χ1n) is 4.21. The van der Waals surface area contributed by atoms with Gasteiger partial charge in [0.2, 0.25) is 0 Å². The predicted octanol–water partition coefficient (Wildman–Crippen LogP) is 1.48. The number of ketones is 1. The summed E-state index contributed by atoms with van der Waals surface area (Å²) >= 11 is 0. The molecule has 13 heavy (non-hydrogen) atoms. The first-order valence-corrected chi connectivity index (χ1v) is 4.21. The summed E-state index contributed by atoms with van der Waals surface area (Å²) in [5, 5.41) is 0. The van der Waals surface area contributed by atoms with E-state index in [1.807, 2.05) is 30.3 Å². The van der Waals surface area contributed by atoms with E-state index in [1.165, 1.54) is 6.08 Å². The zero-order valence-corrected chi connectivity index (χ0v) is 7.44. The van der Waals surface area contributed by atoms with Crippen molar-refractivity contribution in [3.8, 4) is 0 Å². The van der Waals surface area contributed by atoms with Crippen LogP contribution in [0.5, 0.6) is 0 Å². The first kappa shape index (κ1) is 9.68. The molecule has 1 rings (SSSR count). The van der Waals surface area contributed by atoms with Gasteiger partial charge in [0, 0.05) is 6.54 Å². The fourth-order valence-electron chi connectivity index (χ4n) is 1.24. The van der Waals surface area contributed by atoms with Crippen LogP contribution in [-0.4, -0.2) is 12.3 Å². The van der Waals surface area contributed by atoms with Gasteiger partial charge in [0.1, 0.15) is 0 Å². The van der Waals surface area contributed by atoms with Crippen molar-refractivity contribution in [3.63, 3.8) is 0 Å². The summed E-state index contributed by atoms with van der Waals surface area (Å²) in [6.45, 7) is 3.78. The Labute approximate surface area is 78.1 Å². The second-order valence-electron chi connectivity index (χ2n) is 2.81. The summed E-state index contributed by atoms with van der Waals surface area (Å²) in [5.41, 5.74) is 6.47. The van der Waals surface area contributed by atoms with Crippen molar-refractivity contribution in [2.45, 2.75) is 5.92 Å². The summed E-state index contributed by atoms with van der Waals surface area (Å²) in [4.78, 5) is 11.3. The number of nitrogens with two attached hydrogens (primary N) is 1. The molecular formula is C11H13NO. The second-order valence-corrected chi connectivity index (χ2v) is 2.81. The van der Waals surface area contributed by atoms with Gasteiger partial charge in [-0.05, 0) is 11.6 Å². The summed E-state index contributed by atoms with van der Waals surface area (Å²) in [6.07, 6.45) is 1.32. The van der Waals surface area contributed by atoms with Gasteiger partial charge in [-0.1, -0.05) is 36.9 Å². The lowest BCUT2D eigenvalue weighted by atomic mass is 9.95. The molecule has 1 aromatic rings. The molecule has 2 heteroatoms. The third-order valence-corrected chi connectivity index (χ3v) is 1.98. The zero-order valence-electron chi connectivity index (χ0n) is 7.44. The first-order chi connectivity index (χ1) is 6.29. The van der Waals surface area contributed by atoms with Crippen LogP contribution >= 0.6 is 0 Å². The largest absolute Gasteiger partial charge is 0.329 e. The fourth-order valence-corrected chi connectivity index (χ4v) is 1.24. The molecule has 0 heterocycles. The van der Waals surface area contributed by atoms with Crippen molar-refractivity contribution < 1.29 is 4.79 Å². The third-order valence-electron chi connectivity index (χ3n) is 1.98. The van der Waals surface area contributed by atoms with Gasteiger partial charge >= 0.3 is 0 Å². The van der Waals surface area contributed by atoms with Crippen LogP contribution in [0.1, 0.15) is 11.5 Å². The highest BCUT2D eigenvalue weighted by Crippen LogP contribution is 2.15. The normalized spacial score (nSPS) is 12.1. The Balaban J connectivity index is 2.91. The topological polar surface area (TPSA) is 43.1 Å². The molecule has 2 nitrogen and oxygen atoms in total. The molecule has 0 aliphatic carbocycles. The molecule has 1 atom stereocenters. The zero-order chi connectivity index (χ0) is 9.68. The molecule has 68 valence electrons. The molecule has 0 amide bonds. The van der Waals surface area contributed by atoms with E-state index in [1.54, 1.807) is 0 Å². The van der Waals surface area contributed by atoms with Crippen LogP contribution in [0.15, 0.2) is 43.0 Å². The molecule has 0 spiro atoms. The van der Waals surface area contributed by atoms with Crippen molar-refractivity contribution >= 4 is 5.78 Å². The lowest BCUT2D eigenvalue weighted by Crippen LogP contribution is -2.19. The van der Waals surface area contributed by atoms with Gasteiger partial charge in [0.25, 0.3) is 0 Å². The van der Waals surface area contributed by atoms with Crippen molar-refractivity contribution in [1.29, 1.82) is 0 Å². The van der Waals surface area contributed by atoms with E-state index in [4.69, 9.17) is 5.73 Å². The molecule has 1 unspecified atom stereocenters. The Morgan fingerprint density at radius 1 is 1.46 bits per heavy atom. The average Bonchev–Trinajstić information content (AvgIpc) is 2.20. The number of hydrogen-bond acceptors (Lipinski definition) is 2. The van der Waals surface area contributed by atoms with Crippen LogP contribution in [-0.2, 0) is 4.79 Å². The van der Waals surface area contributed by atoms with E-state index in [9.17, 15) is 4.79 Å². The minimum atomic E-state index is -0.237. The maximum atomic E-state index is 11.3. The highest BCUT2D eigenvalue weighted by atomic mass is 16.1. The van der Waals surface area contributed by atoms with Gasteiger partial charge in [-0.15, -0.1) is 0 Å². The Hall–Kier alpha value is -1.41. The number of hydrogen-bond donors (Lipinski definition) is 1. The molecule has 0 aliphatic heterocycles. The van der Waals surface area contributed by atoms with Gasteiger partial charge in [-0.3, -0.25) is 4.79 Å². The lowest BCUT2D eigenvalue weighted by Gasteiger charge is -2.10. The van der Waals surface area contributed by atoms with E-state index in [2.05, 4.69) is 6.58 Å².